The quantitative estimate of drug-likeness (QED) is 0.914. The maximum Gasteiger partial charge on any atom is 0.243 e. The molecule has 0 aliphatic carbocycles. The number of hydrogen-bond donors (Lipinski definition) is 1. The minimum atomic E-state index is -0.112. The van der Waals surface area contributed by atoms with Crippen LogP contribution in [0.5, 0.6) is 5.75 Å². The summed E-state index contributed by atoms with van der Waals surface area (Å²) >= 11 is 6.19. The fourth-order valence-corrected chi connectivity index (χ4v) is 2.20. The van der Waals surface area contributed by atoms with Gasteiger partial charge in [0.2, 0.25) is 5.91 Å². The summed E-state index contributed by atoms with van der Waals surface area (Å²) in [5, 5.41) is 15.0. The topological polar surface area (TPSA) is 62.1 Å². The summed E-state index contributed by atoms with van der Waals surface area (Å²) in [6, 6.07) is 5.34. The Labute approximate surface area is 116 Å². The average Bonchev–Trinajstić information content (AvgIpc) is 2.41. The van der Waals surface area contributed by atoms with Gasteiger partial charge in [-0.1, -0.05) is 11.6 Å². The molecule has 0 bridgehead atoms. The molecule has 0 saturated heterocycles. The number of ether oxygens (including phenoxy) is 1. The predicted octanol–water partition coefficient (Wildman–Crippen LogP) is 1.67. The number of amides is 1. The maximum atomic E-state index is 11.6. The van der Waals surface area contributed by atoms with Crippen LogP contribution >= 0.6 is 11.6 Å². The number of rotatable bonds is 4. The fraction of sp³-hybridized carbons (Fsp3) is 0.385. The van der Waals surface area contributed by atoms with Crippen LogP contribution in [0.3, 0.4) is 0 Å². The van der Waals surface area contributed by atoms with Crippen molar-refractivity contribution in [1.82, 2.24) is 5.01 Å². The zero-order valence-electron chi connectivity index (χ0n) is 10.6. The Morgan fingerprint density at radius 3 is 2.89 bits per heavy atom. The Balaban J connectivity index is 2.30. The van der Waals surface area contributed by atoms with E-state index < -0.39 is 0 Å². The lowest BCUT2D eigenvalue weighted by molar-refractivity contribution is -0.132. The predicted molar refractivity (Wildman–Crippen MR) is 72.6 cm³/mol. The highest BCUT2D eigenvalue weighted by atomic mass is 35.5. The van der Waals surface area contributed by atoms with Gasteiger partial charge in [0.1, 0.15) is 5.75 Å². The molecule has 1 aromatic rings. The number of carbonyl (C=O) groups excluding carboxylic acids is 1. The molecule has 102 valence electrons. The van der Waals surface area contributed by atoms with Crippen molar-refractivity contribution in [3.63, 3.8) is 0 Å². The number of hydrazone groups is 1. The Morgan fingerprint density at radius 1 is 1.47 bits per heavy atom. The Kier molecular flexibility index (Phi) is 4.39. The molecule has 2 rings (SSSR count). The normalized spacial score (nSPS) is 15.4. The number of carbonyl (C=O) groups is 1. The number of methoxy groups -OCH3 is 1. The van der Waals surface area contributed by atoms with Crippen LogP contribution in [-0.2, 0) is 4.79 Å². The number of aliphatic hydroxyl groups is 1. The molecule has 1 aliphatic rings. The highest BCUT2D eigenvalue weighted by Gasteiger charge is 2.22. The second-order valence-corrected chi connectivity index (χ2v) is 4.54. The van der Waals surface area contributed by atoms with Crippen molar-refractivity contribution in [2.75, 3.05) is 20.3 Å². The molecule has 1 N–H and O–H groups in total. The summed E-state index contributed by atoms with van der Waals surface area (Å²) in [5.41, 5.74) is 1.54. The molecule has 1 amide bonds. The van der Waals surface area contributed by atoms with Crippen molar-refractivity contribution in [1.29, 1.82) is 0 Å². The maximum absolute atomic E-state index is 11.6. The van der Waals surface area contributed by atoms with Gasteiger partial charge in [-0.2, -0.15) is 5.10 Å². The van der Waals surface area contributed by atoms with Gasteiger partial charge >= 0.3 is 0 Å². The molecular weight excluding hydrogens is 268 g/mol. The molecule has 0 aromatic heterocycles. The van der Waals surface area contributed by atoms with Crippen LogP contribution in [-0.4, -0.2) is 42.0 Å². The van der Waals surface area contributed by atoms with Crippen molar-refractivity contribution >= 4 is 23.2 Å². The molecule has 1 aromatic carbocycles. The van der Waals surface area contributed by atoms with Gasteiger partial charge in [-0.05, 0) is 18.2 Å². The molecule has 0 radical (unpaired) electrons. The monoisotopic (exact) mass is 282 g/mol. The summed E-state index contributed by atoms with van der Waals surface area (Å²) in [4.78, 5) is 11.6. The van der Waals surface area contributed by atoms with Crippen LogP contribution in [0.4, 0.5) is 0 Å². The molecule has 0 saturated carbocycles. The van der Waals surface area contributed by atoms with E-state index in [1.165, 1.54) is 5.01 Å². The Morgan fingerprint density at radius 2 is 2.26 bits per heavy atom. The van der Waals surface area contributed by atoms with E-state index in [4.69, 9.17) is 21.4 Å². The van der Waals surface area contributed by atoms with E-state index in [-0.39, 0.29) is 19.1 Å². The molecule has 0 spiro atoms. The highest BCUT2D eigenvalue weighted by Crippen LogP contribution is 2.26. The highest BCUT2D eigenvalue weighted by molar-refractivity contribution is 6.34. The number of β-amino-alcohol motifs (C(OH)–C–C–N with tert-alkyl or cyclic N) is 1. The third kappa shape index (κ3) is 3.05. The smallest absolute Gasteiger partial charge is 0.243 e. The van der Waals surface area contributed by atoms with Crippen LogP contribution in [0.1, 0.15) is 18.4 Å². The van der Waals surface area contributed by atoms with Crippen LogP contribution in [0, 0.1) is 0 Å². The minimum absolute atomic E-state index is 0.0811. The molecule has 1 heterocycles. The van der Waals surface area contributed by atoms with E-state index >= 15 is 0 Å². The van der Waals surface area contributed by atoms with Crippen molar-refractivity contribution in [3.8, 4) is 5.75 Å². The van der Waals surface area contributed by atoms with E-state index in [9.17, 15) is 4.79 Å². The zero-order valence-corrected chi connectivity index (χ0v) is 11.4. The average molecular weight is 283 g/mol. The molecule has 1 aliphatic heterocycles. The first-order chi connectivity index (χ1) is 9.15. The molecule has 5 nitrogen and oxygen atoms in total. The third-order valence-corrected chi connectivity index (χ3v) is 3.22. The van der Waals surface area contributed by atoms with Gasteiger partial charge in [-0.25, -0.2) is 5.01 Å². The summed E-state index contributed by atoms with van der Waals surface area (Å²) < 4.78 is 5.09. The SMILES string of the molecule is COc1ccc(C2=NN(CCO)C(=O)CC2)c(Cl)c1. The first-order valence-electron chi connectivity index (χ1n) is 5.98. The lowest BCUT2D eigenvalue weighted by Gasteiger charge is -2.23. The van der Waals surface area contributed by atoms with Crippen LogP contribution < -0.4 is 4.74 Å². The van der Waals surface area contributed by atoms with Gasteiger partial charge in [-0.15, -0.1) is 0 Å². The third-order valence-electron chi connectivity index (χ3n) is 2.90. The number of nitrogens with zero attached hydrogens (tertiary/aromatic N) is 2. The molecule has 6 heteroatoms. The Bertz CT molecular complexity index is 517. The van der Waals surface area contributed by atoms with E-state index in [2.05, 4.69) is 5.10 Å². The molecular formula is C13H15ClN2O3. The molecule has 0 atom stereocenters. The van der Waals surface area contributed by atoms with Crippen molar-refractivity contribution < 1.29 is 14.6 Å². The van der Waals surface area contributed by atoms with Gasteiger partial charge in [0.05, 0.1) is 31.0 Å². The van der Waals surface area contributed by atoms with Crippen molar-refractivity contribution in [3.05, 3.63) is 28.8 Å². The van der Waals surface area contributed by atoms with Crippen molar-refractivity contribution in [2.45, 2.75) is 12.8 Å². The summed E-state index contributed by atoms with van der Waals surface area (Å²) in [5.74, 6) is 0.593. The largest absolute Gasteiger partial charge is 0.497 e. The van der Waals surface area contributed by atoms with Gasteiger partial charge in [0.15, 0.2) is 0 Å². The van der Waals surface area contributed by atoms with E-state index in [1.807, 2.05) is 6.07 Å². The standard InChI is InChI=1S/C13H15ClN2O3/c1-19-9-2-3-10(11(14)8-9)12-4-5-13(18)16(15-12)6-7-17/h2-3,8,17H,4-7H2,1H3. The molecule has 0 unspecified atom stereocenters. The number of aliphatic hydroxyl groups excluding tert-OH is 1. The van der Waals surface area contributed by atoms with E-state index in [0.29, 0.717) is 23.6 Å². The minimum Gasteiger partial charge on any atom is -0.497 e. The summed E-state index contributed by atoms with van der Waals surface area (Å²) in [6.07, 6.45) is 0.925. The number of halogens is 1. The van der Waals surface area contributed by atoms with Gasteiger partial charge in [-0.3, -0.25) is 4.79 Å². The summed E-state index contributed by atoms with van der Waals surface area (Å²) in [6.45, 7) is 0.0922. The van der Waals surface area contributed by atoms with E-state index in [0.717, 1.165) is 11.3 Å². The van der Waals surface area contributed by atoms with E-state index in [1.54, 1.807) is 19.2 Å². The second kappa shape index (κ2) is 6.04. The lowest BCUT2D eigenvalue weighted by Crippen LogP contribution is -2.34. The van der Waals surface area contributed by atoms with Gasteiger partial charge in [0.25, 0.3) is 0 Å². The van der Waals surface area contributed by atoms with Gasteiger partial charge in [0, 0.05) is 18.4 Å². The van der Waals surface area contributed by atoms with Crippen LogP contribution in [0.25, 0.3) is 0 Å². The molecule has 19 heavy (non-hydrogen) atoms. The first-order valence-corrected chi connectivity index (χ1v) is 6.36. The Hall–Kier alpha value is -1.59. The fourth-order valence-electron chi connectivity index (χ4n) is 1.92. The first kappa shape index (κ1) is 13.8. The van der Waals surface area contributed by atoms with Crippen molar-refractivity contribution in [2.24, 2.45) is 5.10 Å². The number of benzene rings is 1. The second-order valence-electron chi connectivity index (χ2n) is 4.13. The van der Waals surface area contributed by atoms with Crippen LogP contribution in [0.15, 0.2) is 23.3 Å². The van der Waals surface area contributed by atoms with Crippen LogP contribution in [0.2, 0.25) is 5.02 Å². The summed E-state index contributed by atoms with van der Waals surface area (Å²) in [7, 11) is 1.57. The lowest BCUT2D eigenvalue weighted by atomic mass is 10.0. The zero-order chi connectivity index (χ0) is 13.8. The number of hydrogen-bond acceptors (Lipinski definition) is 4. The van der Waals surface area contributed by atoms with Gasteiger partial charge < -0.3 is 9.84 Å². The molecule has 0 fully saturated rings.